The summed E-state index contributed by atoms with van der Waals surface area (Å²) in [5.41, 5.74) is 4.18. The van der Waals surface area contributed by atoms with E-state index in [1.54, 1.807) is 0 Å². The summed E-state index contributed by atoms with van der Waals surface area (Å²) < 4.78 is 5.00. The zero-order chi connectivity index (χ0) is 19.7. The van der Waals surface area contributed by atoms with Gasteiger partial charge in [0.1, 0.15) is 5.00 Å². The second-order valence-corrected chi connectivity index (χ2v) is 8.71. The van der Waals surface area contributed by atoms with E-state index in [4.69, 9.17) is 4.74 Å². The number of likely N-dealkylation sites (N-methyl/N-ethyl adjacent to an activating group) is 1. The standard InChI is InChI=1S/C22H26N2O3S/c1-24-12-11-14-7-3-4-8-15(14)17(24)13-19(25)23-21-20(22(26)27-2)16-9-5-6-10-18(16)28-21/h3-4,7-8,17H,5-6,9-13H2,1-2H3,(H,23,25). The minimum atomic E-state index is -0.352. The average molecular weight is 399 g/mol. The highest BCUT2D eigenvalue weighted by atomic mass is 32.1. The molecular formula is C22H26N2O3S. The largest absolute Gasteiger partial charge is 0.465 e. The molecule has 0 saturated carbocycles. The number of fused-ring (bicyclic) bond motifs is 2. The monoisotopic (exact) mass is 398 g/mol. The molecule has 2 heterocycles. The van der Waals surface area contributed by atoms with Crippen LogP contribution in [-0.4, -0.2) is 37.5 Å². The van der Waals surface area contributed by atoms with Crippen molar-refractivity contribution in [3.05, 3.63) is 51.4 Å². The number of nitrogens with zero attached hydrogens (tertiary/aromatic N) is 1. The Bertz CT molecular complexity index is 905. The maximum atomic E-state index is 12.9. The van der Waals surface area contributed by atoms with Gasteiger partial charge in [0.15, 0.2) is 0 Å². The smallest absolute Gasteiger partial charge is 0.341 e. The van der Waals surface area contributed by atoms with Gasteiger partial charge in [-0.15, -0.1) is 11.3 Å². The SMILES string of the molecule is COC(=O)c1c(NC(=O)CC2c3ccccc3CCN2C)sc2c1CCCC2. The second kappa shape index (κ2) is 8.05. The fourth-order valence-corrected chi connectivity index (χ4v) is 5.66. The number of benzene rings is 1. The highest BCUT2D eigenvalue weighted by Gasteiger charge is 2.29. The molecule has 1 aromatic heterocycles. The minimum Gasteiger partial charge on any atom is -0.465 e. The number of hydrogen-bond acceptors (Lipinski definition) is 5. The number of nitrogens with one attached hydrogen (secondary N) is 1. The van der Waals surface area contributed by atoms with Gasteiger partial charge in [-0.3, -0.25) is 9.69 Å². The molecule has 1 N–H and O–H groups in total. The molecule has 6 heteroatoms. The molecule has 2 aliphatic rings. The number of rotatable bonds is 4. The van der Waals surface area contributed by atoms with Crippen molar-refractivity contribution in [3.8, 4) is 0 Å². The normalized spacial score (nSPS) is 18.9. The average Bonchev–Trinajstić information content (AvgIpc) is 3.07. The maximum absolute atomic E-state index is 12.9. The van der Waals surface area contributed by atoms with Gasteiger partial charge < -0.3 is 10.1 Å². The Hall–Kier alpha value is -2.18. The van der Waals surface area contributed by atoms with Crippen molar-refractivity contribution >= 4 is 28.2 Å². The van der Waals surface area contributed by atoms with Gasteiger partial charge in [-0.2, -0.15) is 0 Å². The molecule has 0 fully saturated rings. The molecule has 0 spiro atoms. The Kier molecular flexibility index (Phi) is 5.51. The van der Waals surface area contributed by atoms with Crippen molar-refractivity contribution in [1.29, 1.82) is 0 Å². The summed E-state index contributed by atoms with van der Waals surface area (Å²) in [5.74, 6) is -0.410. The van der Waals surface area contributed by atoms with Gasteiger partial charge in [0.2, 0.25) is 5.91 Å². The van der Waals surface area contributed by atoms with Crippen LogP contribution in [0.1, 0.15) is 57.2 Å². The first-order valence-corrected chi connectivity index (χ1v) is 10.7. The van der Waals surface area contributed by atoms with Gasteiger partial charge >= 0.3 is 5.97 Å². The van der Waals surface area contributed by atoms with E-state index in [0.29, 0.717) is 17.0 Å². The van der Waals surface area contributed by atoms with E-state index in [1.807, 2.05) is 6.07 Å². The highest BCUT2D eigenvalue weighted by Crippen LogP contribution is 2.39. The van der Waals surface area contributed by atoms with Crippen LogP contribution >= 0.6 is 11.3 Å². The van der Waals surface area contributed by atoms with Gasteiger partial charge in [0.05, 0.1) is 12.7 Å². The van der Waals surface area contributed by atoms with E-state index in [1.165, 1.54) is 34.5 Å². The van der Waals surface area contributed by atoms with Crippen molar-refractivity contribution in [2.75, 3.05) is 26.0 Å². The second-order valence-electron chi connectivity index (χ2n) is 7.60. The molecule has 1 unspecified atom stereocenters. The first kappa shape index (κ1) is 19.2. The molecule has 2 aromatic rings. The lowest BCUT2D eigenvalue weighted by atomic mass is 9.91. The molecule has 0 saturated heterocycles. The summed E-state index contributed by atoms with van der Waals surface area (Å²) in [7, 11) is 3.46. The van der Waals surface area contributed by atoms with Gasteiger partial charge in [0, 0.05) is 23.9 Å². The first-order valence-electron chi connectivity index (χ1n) is 9.89. The number of thiophene rings is 1. The fraction of sp³-hybridized carbons (Fsp3) is 0.455. The molecule has 1 aliphatic heterocycles. The third-order valence-electron chi connectivity index (χ3n) is 5.87. The summed E-state index contributed by atoms with van der Waals surface area (Å²) in [6.45, 7) is 0.940. The summed E-state index contributed by atoms with van der Waals surface area (Å²) in [5, 5.41) is 3.68. The van der Waals surface area contributed by atoms with Crippen LogP contribution in [0.2, 0.25) is 0 Å². The molecule has 0 radical (unpaired) electrons. The summed E-state index contributed by atoms with van der Waals surface area (Å²) in [6.07, 6.45) is 5.44. The van der Waals surface area contributed by atoms with Crippen molar-refractivity contribution in [3.63, 3.8) is 0 Å². The Balaban J connectivity index is 1.56. The van der Waals surface area contributed by atoms with Gasteiger partial charge in [-0.25, -0.2) is 4.79 Å². The lowest BCUT2D eigenvalue weighted by molar-refractivity contribution is -0.117. The van der Waals surface area contributed by atoms with Crippen molar-refractivity contribution in [2.45, 2.75) is 44.6 Å². The van der Waals surface area contributed by atoms with E-state index in [9.17, 15) is 9.59 Å². The lowest BCUT2D eigenvalue weighted by Crippen LogP contribution is -2.34. The van der Waals surface area contributed by atoms with E-state index in [-0.39, 0.29) is 17.9 Å². The number of carbonyl (C=O) groups is 2. The zero-order valence-corrected chi connectivity index (χ0v) is 17.2. The Labute approximate surface area is 169 Å². The number of amides is 1. The van der Waals surface area contributed by atoms with Crippen molar-refractivity contribution in [2.24, 2.45) is 0 Å². The van der Waals surface area contributed by atoms with Crippen LogP contribution in [0.3, 0.4) is 0 Å². The van der Waals surface area contributed by atoms with Crippen molar-refractivity contribution < 1.29 is 14.3 Å². The number of methoxy groups -OCH3 is 1. The first-order chi connectivity index (χ1) is 13.6. The molecule has 28 heavy (non-hydrogen) atoms. The number of ether oxygens (including phenoxy) is 1. The molecule has 1 aromatic carbocycles. The molecule has 5 nitrogen and oxygen atoms in total. The number of hydrogen-bond donors (Lipinski definition) is 1. The Morgan fingerprint density at radius 1 is 1.21 bits per heavy atom. The van der Waals surface area contributed by atoms with Crippen LogP contribution < -0.4 is 5.32 Å². The van der Waals surface area contributed by atoms with Gasteiger partial charge in [-0.1, -0.05) is 24.3 Å². The van der Waals surface area contributed by atoms with Gasteiger partial charge in [0.25, 0.3) is 0 Å². The highest BCUT2D eigenvalue weighted by molar-refractivity contribution is 7.17. The molecule has 148 valence electrons. The number of anilines is 1. The topological polar surface area (TPSA) is 58.6 Å². The van der Waals surface area contributed by atoms with Crippen LogP contribution in [0.15, 0.2) is 24.3 Å². The zero-order valence-electron chi connectivity index (χ0n) is 16.4. The van der Waals surface area contributed by atoms with Gasteiger partial charge in [-0.05, 0) is 55.8 Å². The Morgan fingerprint density at radius 2 is 2.00 bits per heavy atom. The summed E-state index contributed by atoms with van der Waals surface area (Å²) in [4.78, 5) is 28.8. The van der Waals surface area contributed by atoms with E-state index >= 15 is 0 Å². The van der Waals surface area contributed by atoms with Crippen molar-refractivity contribution in [1.82, 2.24) is 4.90 Å². The molecule has 0 bridgehead atoms. The quantitative estimate of drug-likeness (QED) is 0.792. The lowest BCUT2D eigenvalue weighted by Gasteiger charge is -2.34. The van der Waals surface area contributed by atoms with Crippen LogP contribution in [-0.2, 0) is 28.8 Å². The fourth-order valence-electron chi connectivity index (χ4n) is 4.37. The van der Waals surface area contributed by atoms with E-state index in [0.717, 1.165) is 44.2 Å². The predicted molar refractivity (Wildman–Crippen MR) is 111 cm³/mol. The number of esters is 1. The maximum Gasteiger partial charge on any atom is 0.341 e. The molecule has 4 rings (SSSR count). The van der Waals surface area contributed by atoms with Crippen LogP contribution in [0, 0.1) is 0 Å². The van der Waals surface area contributed by atoms with Crippen LogP contribution in [0.5, 0.6) is 0 Å². The van der Waals surface area contributed by atoms with Crippen LogP contribution in [0.4, 0.5) is 5.00 Å². The third-order valence-corrected chi connectivity index (χ3v) is 7.08. The number of carbonyl (C=O) groups excluding carboxylic acids is 2. The molecule has 1 aliphatic carbocycles. The summed E-state index contributed by atoms with van der Waals surface area (Å²) in [6, 6.07) is 8.41. The molecule has 1 atom stereocenters. The predicted octanol–water partition coefficient (Wildman–Crippen LogP) is 3.97. The van der Waals surface area contributed by atoms with E-state index in [2.05, 4.69) is 35.5 Å². The Morgan fingerprint density at radius 3 is 2.82 bits per heavy atom. The third kappa shape index (κ3) is 3.59. The van der Waals surface area contributed by atoms with E-state index < -0.39 is 0 Å². The summed E-state index contributed by atoms with van der Waals surface area (Å²) >= 11 is 1.54. The minimum absolute atomic E-state index is 0.0566. The number of aryl methyl sites for hydroxylation is 1. The molecular weight excluding hydrogens is 372 g/mol. The van der Waals surface area contributed by atoms with Crippen LogP contribution in [0.25, 0.3) is 0 Å². The molecule has 1 amide bonds.